The van der Waals surface area contributed by atoms with Crippen molar-refractivity contribution < 1.29 is 9.53 Å². The fourth-order valence-corrected chi connectivity index (χ4v) is 1.95. The van der Waals surface area contributed by atoms with Crippen LogP contribution in [-0.4, -0.2) is 12.5 Å². The van der Waals surface area contributed by atoms with Gasteiger partial charge in [-0.2, -0.15) is 0 Å². The van der Waals surface area contributed by atoms with Gasteiger partial charge in [-0.05, 0) is 35.7 Å². The van der Waals surface area contributed by atoms with Gasteiger partial charge < -0.3 is 15.8 Å². The van der Waals surface area contributed by atoms with Crippen molar-refractivity contribution in [1.82, 2.24) is 0 Å². The Morgan fingerprint density at radius 3 is 2.59 bits per heavy atom. The summed E-state index contributed by atoms with van der Waals surface area (Å²) in [5.41, 5.74) is 7.99. The number of carbonyl (C=O) groups is 1. The molecule has 2 aromatic rings. The van der Waals surface area contributed by atoms with E-state index >= 15 is 0 Å². The third-order valence-corrected chi connectivity index (χ3v) is 3.05. The van der Waals surface area contributed by atoms with Crippen LogP contribution in [0, 0.1) is 5.92 Å². The molecule has 0 radical (unpaired) electrons. The quantitative estimate of drug-likeness (QED) is 0.802. The predicted molar refractivity (Wildman–Crippen MR) is 90.0 cm³/mol. The Balaban J connectivity index is 1.93. The molecule has 4 heteroatoms. The van der Waals surface area contributed by atoms with E-state index in [0.717, 1.165) is 17.0 Å². The summed E-state index contributed by atoms with van der Waals surface area (Å²) in [6, 6.07) is 14.7. The van der Waals surface area contributed by atoms with Gasteiger partial charge in [-0.1, -0.05) is 32.0 Å². The highest BCUT2D eigenvalue weighted by atomic mass is 16.5. The maximum Gasteiger partial charge on any atom is 0.228 e. The highest BCUT2D eigenvalue weighted by molar-refractivity contribution is 5.92. The Morgan fingerprint density at radius 1 is 1.18 bits per heavy atom. The van der Waals surface area contributed by atoms with Crippen molar-refractivity contribution >= 4 is 17.3 Å². The Labute approximate surface area is 131 Å². The van der Waals surface area contributed by atoms with Crippen molar-refractivity contribution in [2.75, 3.05) is 17.7 Å². The average Bonchev–Trinajstić information content (AvgIpc) is 2.48. The summed E-state index contributed by atoms with van der Waals surface area (Å²) in [7, 11) is 0. The minimum atomic E-state index is -0.0641. The molecule has 0 aliphatic heterocycles. The van der Waals surface area contributed by atoms with E-state index in [1.807, 2.05) is 36.4 Å². The van der Waals surface area contributed by atoms with Gasteiger partial charge in [0, 0.05) is 17.4 Å². The smallest absolute Gasteiger partial charge is 0.228 e. The lowest BCUT2D eigenvalue weighted by Crippen LogP contribution is -2.14. The van der Waals surface area contributed by atoms with E-state index in [0.29, 0.717) is 24.6 Å². The topological polar surface area (TPSA) is 64.3 Å². The third kappa shape index (κ3) is 5.13. The van der Waals surface area contributed by atoms with Crippen molar-refractivity contribution in [3.8, 4) is 5.75 Å². The molecule has 0 heterocycles. The van der Waals surface area contributed by atoms with Gasteiger partial charge in [0.2, 0.25) is 5.91 Å². The molecule has 0 fully saturated rings. The first-order chi connectivity index (χ1) is 10.5. The maximum absolute atomic E-state index is 12.1. The zero-order valence-corrected chi connectivity index (χ0v) is 13.0. The second-order valence-corrected chi connectivity index (χ2v) is 5.70. The number of nitrogens with one attached hydrogen (secondary N) is 1. The molecule has 0 saturated heterocycles. The number of ether oxygens (including phenoxy) is 1. The van der Waals surface area contributed by atoms with Gasteiger partial charge in [0.15, 0.2) is 0 Å². The van der Waals surface area contributed by atoms with Gasteiger partial charge in [0.25, 0.3) is 0 Å². The van der Waals surface area contributed by atoms with Crippen LogP contribution in [0.15, 0.2) is 48.5 Å². The highest BCUT2D eigenvalue weighted by Gasteiger charge is 2.05. The fourth-order valence-electron chi connectivity index (χ4n) is 1.95. The van der Waals surface area contributed by atoms with Crippen molar-refractivity contribution in [2.45, 2.75) is 20.3 Å². The van der Waals surface area contributed by atoms with Crippen LogP contribution in [0.3, 0.4) is 0 Å². The van der Waals surface area contributed by atoms with Gasteiger partial charge in [-0.25, -0.2) is 0 Å². The van der Waals surface area contributed by atoms with Gasteiger partial charge in [-0.15, -0.1) is 0 Å². The van der Waals surface area contributed by atoms with E-state index in [1.165, 1.54) is 0 Å². The molecule has 0 atom stereocenters. The molecule has 0 saturated carbocycles. The molecule has 3 N–H and O–H groups in total. The molecule has 0 bridgehead atoms. The van der Waals surface area contributed by atoms with Gasteiger partial charge in [0.05, 0.1) is 13.0 Å². The summed E-state index contributed by atoms with van der Waals surface area (Å²) in [6.45, 7) is 4.85. The molecule has 116 valence electrons. The predicted octanol–water partition coefficient (Wildman–Crippen LogP) is 3.48. The van der Waals surface area contributed by atoms with Crippen molar-refractivity contribution in [3.05, 3.63) is 54.1 Å². The molecule has 0 spiro atoms. The summed E-state index contributed by atoms with van der Waals surface area (Å²) in [5.74, 6) is 1.16. The molecule has 0 unspecified atom stereocenters. The van der Waals surface area contributed by atoms with E-state index in [-0.39, 0.29) is 5.91 Å². The third-order valence-electron chi connectivity index (χ3n) is 3.05. The van der Waals surface area contributed by atoms with Crippen LogP contribution in [0.1, 0.15) is 19.4 Å². The molecule has 0 aliphatic carbocycles. The van der Waals surface area contributed by atoms with Crippen LogP contribution in [0.2, 0.25) is 0 Å². The Kier molecular flexibility index (Phi) is 5.42. The molecule has 22 heavy (non-hydrogen) atoms. The number of amides is 1. The number of nitrogen functional groups attached to an aromatic ring is 1. The molecule has 4 nitrogen and oxygen atoms in total. The van der Waals surface area contributed by atoms with Crippen molar-refractivity contribution in [2.24, 2.45) is 5.92 Å². The first-order valence-corrected chi connectivity index (χ1v) is 7.40. The molecule has 0 aliphatic rings. The second kappa shape index (κ2) is 7.50. The number of hydrogen-bond donors (Lipinski definition) is 2. The van der Waals surface area contributed by atoms with E-state index in [1.54, 1.807) is 12.1 Å². The van der Waals surface area contributed by atoms with Crippen LogP contribution < -0.4 is 15.8 Å². The normalized spacial score (nSPS) is 10.5. The van der Waals surface area contributed by atoms with Crippen LogP contribution in [-0.2, 0) is 11.2 Å². The SMILES string of the molecule is CC(C)COc1cccc(NC(=O)Cc2ccc(N)cc2)c1. The minimum absolute atomic E-state index is 0.0641. The Hall–Kier alpha value is -2.49. The summed E-state index contributed by atoms with van der Waals surface area (Å²) in [4.78, 5) is 12.1. The van der Waals surface area contributed by atoms with Crippen LogP contribution in [0.4, 0.5) is 11.4 Å². The summed E-state index contributed by atoms with van der Waals surface area (Å²) >= 11 is 0. The largest absolute Gasteiger partial charge is 0.493 e. The Morgan fingerprint density at radius 2 is 1.91 bits per heavy atom. The number of carbonyl (C=O) groups excluding carboxylic acids is 1. The van der Waals surface area contributed by atoms with Crippen LogP contribution in [0.25, 0.3) is 0 Å². The van der Waals surface area contributed by atoms with Crippen molar-refractivity contribution in [1.29, 1.82) is 0 Å². The molecule has 2 rings (SSSR count). The van der Waals surface area contributed by atoms with Gasteiger partial charge in [-0.3, -0.25) is 4.79 Å². The molecule has 1 amide bonds. The summed E-state index contributed by atoms with van der Waals surface area (Å²) in [6.07, 6.45) is 0.317. The number of nitrogens with two attached hydrogens (primary N) is 1. The fraction of sp³-hybridized carbons (Fsp3) is 0.278. The maximum atomic E-state index is 12.1. The van der Waals surface area contributed by atoms with Crippen LogP contribution >= 0.6 is 0 Å². The lowest BCUT2D eigenvalue weighted by molar-refractivity contribution is -0.115. The zero-order valence-electron chi connectivity index (χ0n) is 13.0. The zero-order chi connectivity index (χ0) is 15.9. The lowest BCUT2D eigenvalue weighted by Gasteiger charge is -2.11. The van der Waals surface area contributed by atoms with E-state index < -0.39 is 0 Å². The van der Waals surface area contributed by atoms with Crippen molar-refractivity contribution in [3.63, 3.8) is 0 Å². The first kappa shape index (κ1) is 15.9. The van der Waals surface area contributed by atoms with E-state index in [4.69, 9.17) is 10.5 Å². The molecular formula is C18H22N2O2. The average molecular weight is 298 g/mol. The monoisotopic (exact) mass is 298 g/mol. The summed E-state index contributed by atoms with van der Waals surface area (Å²) < 4.78 is 5.66. The van der Waals surface area contributed by atoms with E-state index in [2.05, 4.69) is 19.2 Å². The summed E-state index contributed by atoms with van der Waals surface area (Å²) in [5, 5.41) is 2.88. The number of benzene rings is 2. The Bertz CT molecular complexity index is 621. The number of hydrogen-bond acceptors (Lipinski definition) is 3. The highest BCUT2D eigenvalue weighted by Crippen LogP contribution is 2.18. The second-order valence-electron chi connectivity index (χ2n) is 5.70. The lowest BCUT2D eigenvalue weighted by atomic mass is 10.1. The molecular weight excluding hydrogens is 276 g/mol. The van der Waals surface area contributed by atoms with E-state index in [9.17, 15) is 4.79 Å². The number of anilines is 2. The number of rotatable bonds is 6. The standard InChI is InChI=1S/C18H22N2O2/c1-13(2)12-22-17-5-3-4-16(11-17)20-18(21)10-14-6-8-15(19)9-7-14/h3-9,11,13H,10,12,19H2,1-2H3,(H,20,21). The van der Waals surface area contributed by atoms with Crippen LogP contribution in [0.5, 0.6) is 5.75 Å². The van der Waals surface area contributed by atoms with Gasteiger partial charge in [0.1, 0.15) is 5.75 Å². The molecule has 0 aromatic heterocycles. The minimum Gasteiger partial charge on any atom is -0.493 e. The molecule has 2 aromatic carbocycles. The first-order valence-electron chi connectivity index (χ1n) is 7.40. The van der Waals surface area contributed by atoms with Gasteiger partial charge >= 0.3 is 0 Å².